The topological polar surface area (TPSA) is 6.48 Å². The maximum Gasteiger partial charge on any atom is 0.261 e. The molecule has 0 aliphatic carbocycles. The van der Waals surface area contributed by atoms with Crippen molar-refractivity contribution in [2.75, 3.05) is 26.2 Å². The molecular formula is C15H28F2N2. The van der Waals surface area contributed by atoms with Gasteiger partial charge in [0.25, 0.3) is 5.92 Å². The van der Waals surface area contributed by atoms with Gasteiger partial charge in [-0.3, -0.25) is 4.90 Å². The van der Waals surface area contributed by atoms with Crippen LogP contribution in [0.15, 0.2) is 0 Å². The van der Waals surface area contributed by atoms with Crippen molar-refractivity contribution in [3.63, 3.8) is 0 Å². The number of likely N-dealkylation sites (tertiary alicyclic amines) is 2. The van der Waals surface area contributed by atoms with E-state index in [1.807, 2.05) is 4.90 Å². The van der Waals surface area contributed by atoms with Crippen molar-refractivity contribution in [1.29, 1.82) is 0 Å². The van der Waals surface area contributed by atoms with Gasteiger partial charge in [-0.05, 0) is 59.0 Å². The summed E-state index contributed by atoms with van der Waals surface area (Å²) >= 11 is 0. The molecule has 2 heterocycles. The third-order valence-corrected chi connectivity index (χ3v) is 4.88. The van der Waals surface area contributed by atoms with E-state index in [1.54, 1.807) is 0 Å². The Hall–Kier alpha value is -0.220. The van der Waals surface area contributed by atoms with E-state index in [9.17, 15) is 8.78 Å². The molecule has 0 aromatic carbocycles. The molecule has 0 radical (unpaired) electrons. The summed E-state index contributed by atoms with van der Waals surface area (Å²) in [4.78, 5) is 4.50. The van der Waals surface area contributed by atoms with E-state index in [-0.39, 0.29) is 13.0 Å². The summed E-state index contributed by atoms with van der Waals surface area (Å²) in [6, 6.07) is 0.944. The highest BCUT2D eigenvalue weighted by Crippen LogP contribution is 2.31. The van der Waals surface area contributed by atoms with E-state index in [1.165, 1.54) is 25.9 Å². The summed E-state index contributed by atoms with van der Waals surface area (Å²) in [5.41, 5.74) is 0. The van der Waals surface area contributed by atoms with E-state index in [0.717, 1.165) is 12.3 Å². The standard InChI is InChI=1S/C15H28F2N2/c1-12(2)18-7-4-14(5-8-18)10-13(3)19-9-6-15(16,17)11-19/h12-14H,4-11H2,1-3H3. The average Bonchev–Trinajstić information content (AvgIpc) is 2.70. The molecule has 1 unspecified atom stereocenters. The molecule has 2 fully saturated rings. The molecule has 0 spiro atoms. The Morgan fingerprint density at radius 3 is 2.16 bits per heavy atom. The van der Waals surface area contributed by atoms with Crippen LogP contribution in [0.4, 0.5) is 8.78 Å². The minimum absolute atomic E-state index is 0.0288. The molecule has 0 N–H and O–H groups in total. The van der Waals surface area contributed by atoms with Crippen molar-refractivity contribution < 1.29 is 8.78 Å². The molecule has 2 rings (SSSR count). The largest absolute Gasteiger partial charge is 0.301 e. The number of hydrogen-bond donors (Lipinski definition) is 0. The van der Waals surface area contributed by atoms with Crippen molar-refractivity contribution in [3.05, 3.63) is 0 Å². The lowest BCUT2D eigenvalue weighted by Crippen LogP contribution is -2.41. The van der Waals surface area contributed by atoms with Gasteiger partial charge in [0.1, 0.15) is 0 Å². The SMILES string of the molecule is CC(C)N1CCC(CC(C)N2CCC(F)(F)C2)CC1. The molecule has 112 valence electrons. The normalized spacial score (nSPS) is 28.1. The molecule has 2 nitrogen and oxygen atoms in total. The first kappa shape index (κ1) is 15.2. The second-order valence-corrected chi connectivity index (χ2v) is 6.73. The van der Waals surface area contributed by atoms with Crippen molar-refractivity contribution >= 4 is 0 Å². The molecule has 0 aromatic heterocycles. The van der Waals surface area contributed by atoms with Crippen LogP contribution in [0.1, 0.15) is 46.5 Å². The minimum atomic E-state index is -2.45. The zero-order valence-electron chi connectivity index (χ0n) is 12.5. The zero-order valence-corrected chi connectivity index (χ0v) is 12.5. The van der Waals surface area contributed by atoms with Crippen LogP contribution in [0.5, 0.6) is 0 Å². The Balaban J connectivity index is 1.74. The summed E-state index contributed by atoms with van der Waals surface area (Å²) < 4.78 is 26.5. The third-order valence-electron chi connectivity index (χ3n) is 4.88. The Kier molecular flexibility index (Phi) is 4.83. The van der Waals surface area contributed by atoms with Crippen LogP contribution in [0.3, 0.4) is 0 Å². The highest BCUT2D eigenvalue weighted by atomic mass is 19.3. The number of piperidine rings is 1. The molecule has 1 atom stereocenters. The van der Waals surface area contributed by atoms with Gasteiger partial charge >= 0.3 is 0 Å². The van der Waals surface area contributed by atoms with Gasteiger partial charge in [0.2, 0.25) is 0 Å². The quantitative estimate of drug-likeness (QED) is 0.776. The molecule has 0 saturated carbocycles. The van der Waals surface area contributed by atoms with Crippen LogP contribution in [0.2, 0.25) is 0 Å². The first-order valence-corrected chi connectivity index (χ1v) is 7.73. The Labute approximate surface area is 116 Å². The molecule has 2 aliphatic heterocycles. The molecule has 2 aliphatic rings. The van der Waals surface area contributed by atoms with Gasteiger partial charge in [0.15, 0.2) is 0 Å². The molecular weight excluding hydrogens is 246 g/mol. The predicted octanol–water partition coefficient (Wildman–Crippen LogP) is 3.23. The number of rotatable bonds is 4. The summed E-state index contributed by atoms with van der Waals surface area (Å²) in [7, 11) is 0. The van der Waals surface area contributed by atoms with Gasteiger partial charge in [-0.25, -0.2) is 8.78 Å². The summed E-state index contributed by atoms with van der Waals surface area (Å²) in [6.07, 6.45) is 3.59. The van der Waals surface area contributed by atoms with Crippen LogP contribution in [0.25, 0.3) is 0 Å². The maximum atomic E-state index is 13.2. The van der Waals surface area contributed by atoms with Crippen LogP contribution in [-0.2, 0) is 0 Å². The van der Waals surface area contributed by atoms with Crippen LogP contribution in [0, 0.1) is 5.92 Å². The highest BCUT2D eigenvalue weighted by Gasteiger charge is 2.40. The molecule has 4 heteroatoms. The lowest BCUT2D eigenvalue weighted by molar-refractivity contribution is 0.00649. The van der Waals surface area contributed by atoms with E-state index in [4.69, 9.17) is 0 Å². The highest BCUT2D eigenvalue weighted by molar-refractivity contribution is 4.86. The number of alkyl halides is 2. The minimum Gasteiger partial charge on any atom is -0.301 e. The molecule has 2 saturated heterocycles. The third kappa shape index (κ3) is 4.12. The van der Waals surface area contributed by atoms with Crippen LogP contribution in [-0.4, -0.2) is 54.0 Å². The fraction of sp³-hybridized carbons (Fsp3) is 1.00. The van der Waals surface area contributed by atoms with Gasteiger partial charge in [-0.15, -0.1) is 0 Å². The van der Waals surface area contributed by atoms with E-state index >= 15 is 0 Å². The van der Waals surface area contributed by atoms with Gasteiger partial charge < -0.3 is 4.90 Å². The van der Waals surface area contributed by atoms with Crippen molar-refractivity contribution in [2.45, 2.75) is 64.5 Å². The molecule has 0 bridgehead atoms. The van der Waals surface area contributed by atoms with Gasteiger partial charge in [-0.2, -0.15) is 0 Å². The second-order valence-electron chi connectivity index (χ2n) is 6.73. The van der Waals surface area contributed by atoms with E-state index in [2.05, 4.69) is 25.7 Å². The first-order chi connectivity index (χ1) is 8.87. The summed E-state index contributed by atoms with van der Waals surface area (Å²) in [6.45, 7) is 9.50. The Morgan fingerprint density at radius 2 is 1.68 bits per heavy atom. The maximum absolute atomic E-state index is 13.2. The smallest absolute Gasteiger partial charge is 0.261 e. The molecule has 0 aromatic rings. The van der Waals surface area contributed by atoms with Crippen LogP contribution >= 0.6 is 0 Å². The number of nitrogens with zero attached hydrogens (tertiary/aromatic N) is 2. The van der Waals surface area contributed by atoms with Gasteiger partial charge in [0.05, 0.1) is 6.54 Å². The van der Waals surface area contributed by atoms with E-state index < -0.39 is 5.92 Å². The Bertz CT molecular complexity index is 286. The summed E-state index contributed by atoms with van der Waals surface area (Å²) in [5.74, 6) is -1.73. The monoisotopic (exact) mass is 274 g/mol. The van der Waals surface area contributed by atoms with Crippen molar-refractivity contribution in [1.82, 2.24) is 9.80 Å². The lowest BCUT2D eigenvalue weighted by atomic mass is 9.90. The zero-order chi connectivity index (χ0) is 14.0. The first-order valence-electron chi connectivity index (χ1n) is 7.73. The predicted molar refractivity (Wildman–Crippen MR) is 74.6 cm³/mol. The second kappa shape index (κ2) is 6.04. The van der Waals surface area contributed by atoms with Crippen molar-refractivity contribution in [3.8, 4) is 0 Å². The number of hydrogen-bond acceptors (Lipinski definition) is 2. The summed E-state index contributed by atoms with van der Waals surface area (Å²) in [5, 5.41) is 0. The molecule has 19 heavy (non-hydrogen) atoms. The average molecular weight is 274 g/mol. The lowest BCUT2D eigenvalue weighted by Gasteiger charge is -2.36. The molecule has 0 amide bonds. The fourth-order valence-electron chi connectivity index (χ4n) is 3.48. The van der Waals surface area contributed by atoms with Crippen molar-refractivity contribution in [2.24, 2.45) is 5.92 Å². The number of halogens is 2. The van der Waals surface area contributed by atoms with E-state index in [0.29, 0.717) is 18.6 Å². The van der Waals surface area contributed by atoms with Gasteiger partial charge in [0, 0.05) is 25.0 Å². The van der Waals surface area contributed by atoms with Gasteiger partial charge in [-0.1, -0.05) is 0 Å². The Morgan fingerprint density at radius 1 is 1.05 bits per heavy atom. The van der Waals surface area contributed by atoms with Crippen LogP contribution < -0.4 is 0 Å². The fourth-order valence-corrected chi connectivity index (χ4v) is 3.48.